The lowest BCUT2D eigenvalue weighted by atomic mass is 9.95. The molecule has 9 heteroatoms. The zero-order valence-electron chi connectivity index (χ0n) is 15.4. The first-order valence-corrected chi connectivity index (χ1v) is 11.0. The summed E-state index contributed by atoms with van der Waals surface area (Å²) in [4.78, 5) is 26.0. The number of piperazine rings is 1. The van der Waals surface area contributed by atoms with E-state index in [0.717, 1.165) is 12.8 Å². The quantitative estimate of drug-likeness (QED) is 0.531. The Morgan fingerprint density at radius 3 is 2.36 bits per heavy atom. The number of rotatable bonds is 5. The number of nitrogens with zero attached hydrogens (tertiary/aromatic N) is 2. The molecule has 1 aliphatic heterocycles. The van der Waals surface area contributed by atoms with Gasteiger partial charge in [-0.3, -0.25) is 9.59 Å². The minimum Gasteiger partial charge on any atom is -0.455 e. The molecule has 0 bridgehead atoms. The van der Waals surface area contributed by atoms with Crippen LogP contribution in [0.25, 0.3) is 0 Å². The van der Waals surface area contributed by atoms with Crippen molar-refractivity contribution in [2.24, 2.45) is 5.92 Å². The third-order valence-electron chi connectivity index (χ3n) is 4.98. The Hall–Kier alpha value is -1.90. The summed E-state index contributed by atoms with van der Waals surface area (Å²) in [5.41, 5.74) is 0. The summed E-state index contributed by atoms with van der Waals surface area (Å²) in [5.74, 6) is -0.830. The van der Waals surface area contributed by atoms with Gasteiger partial charge in [-0.15, -0.1) is 0 Å². The van der Waals surface area contributed by atoms with Crippen LogP contribution < -0.4 is 0 Å². The molecule has 1 saturated heterocycles. The normalized spacial score (nSPS) is 20.8. The molecule has 0 spiro atoms. The Morgan fingerprint density at radius 2 is 1.75 bits per heavy atom. The van der Waals surface area contributed by atoms with E-state index in [0.29, 0.717) is 11.4 Å². The molecule has 7 nitrogen and oxygen atoms in total. The van der Waals surface area contributed by atoms with E-state index in [9.17, 15) is 18.0 Å². The Bertz CT molecular complexity index is 846. The molecule has 1 fully saturated rings. The highest BCUT2D eigenvalue weighted by Gasteiger charge is 2.30. The highest BCUT2D eigenvalue weighted by molar-refractivity contribution is 7.89. The Morgan fingerprint density at radius 1 is 1.07 bits per heavy atom. The van der Waals surface area contributed by atoms with E-state index in [1.54, 1.807) is 0 Å². The third kappa shape index (κ3) is 4.92. The van der Waals surface area contributed by atoms with Crippen LogP contribution in [-0.2, 0) is 24.3 Å². The zero-order valence-corrected chi connectivity index (χ0v) is 17.0. The number of carbonyl (C=O) groups is 2. The van der Waals surface area contributed by atoms with Crippen LogP contribution in [0, 0.1) is 5.92 Å². The Labute approximate surface area is 169 Å². The maximum atomic E-state index is 12.7. The molecular formula is C19H23ClN2O5S. The van der Waals surface area contributed by atoms with Crippen molar-refractivity contribution in [3.8, 4) is 0 Å². The molecule has 1 aromatic carbocycles. The molecule has 152 valence electrons. The lowest BCUT2D eigenvalue weighted by molar-refractivity contribution is -0.156. The molecule has 1 atom stereocenters. The number of benzene rings is 1. The number of hydrogen-bond acceptors (Lipinski definition) is 5. The Balaban J connectivity index is 1.49. The molecule has 28 heavy (non-hydrogen) atoms. The van der Waals surface area contributed by atoms with Gasteiger partial charge in [-0.2, -0.15) is 4.31 Å². The molecular weight excluding hydrogens is 404 g/mol. The first-order chi connectivity index (χ1) is 13.4. The smallest absolute Gasteiger partial charge is 0.309 e. The van der Waals surface area contributed by atoms with Gasteiger partial charge in [-0.1, -0.05) is 23.8 Å². The van der Waals surface area contributed by atoms with Gasteiger partial charge in [-0.25, -0.2) is 8.42 Å². The van der Waals surface area contributed by atoms with Crippen LogP contribution in [0.2, 0.25) is 5.02 Å². The fourth-order valence-corrected chi connectivity index (χ4v) is 4.83. The van der Waals surface area contributed by atoms with Gasteiger partial charge in [0.1, 0.15) is 0 Å². The van der Waals surface area contributed by atoms with Gasteiger partial charge in [0.2, 0.25) is 10.0 Å². The third-order valence-corrected chi connectivity index (χ3v) is 7.15. The van der Waals surface area contributed by atoms with Crippen LogP contribution in [0.15, 0.2) is 41.3 Å². The molecule has 0 saturated carbocycles. The summed E-state index contributed by atoms with van der Waals surface area (Å²) in [5, 5.41) is 0.466. The van der Waals surface area contributed by atoms with Gasteiger partial charge in [0.05, 0.1) is 10.8 Å². The van der Waals surface area contributed by atoms with Crippen molar-refractivity contribution in [3.05, 3.63) is 41.4 Å². The van der Waals surface area contributed by atoms with Gasteiger partial charge in [0.15, 0.2) is 6.61 Å². The fourth-order valence-electron chi connectivity index (χ4n) is 3.28. The summed E-state index contributed by atoms with van der Waals surface area (Å²) >= 11 is 5.81. The molecule has 0 radical (unpaired) electrons. The second-order valence-corrected chi connectivity index (χ2v) is 9.20. The average Bonchev–Trinajstić information content (AvgIpc) is 2.73. The van der Waals surface area contributed by atoms with Gasteiger partial charge in [0, 0.05) is 31.2 Å². The highest BCUT2D eigenvalue weighted by atomic mass is 35.5. The van der Waals surface area contributed by atoms with Gasteiger partial charge < -0.3 is 9.64 Å². The summed E-state index contributed by atoms with van der Waals surface area (Å²) in [7, 11) is -3.62. The minimum absolute atomic E-state index is 0.173. The van der Waals surface area contributed by atoms with E-state index in [1.165, 1.54) is 33.5 Å². The van der Waals surface area contributed by atoms with Crippen LogP contribution in [0.1, 0.15) is 19.3 Å². The van der Waals surface area contributed by atoms with Crippen molar-refractivity contribution in [2.45, 2.75) is 24.2 Å². The maximum absolute atomic E-state index is 12.7. The molecule has 3 rings (SSSR count). The number of hydrogen-bond donors (Lipinski definition) is 0. The fraction of sp³-hybridized carbons (Fsp3) is 0.474. The van der Waals surface area contributed by atoms with E-state index in [4.69, 9.17) is 16.3 Å². The summed E-state index contributed by atoms with van der Waals surface area (Å²) in [6.45, 7) is 0.601. The van der Waals surface area contributed by atoms with Crippen molar-refractivity contribution in [3.63, 3.8) is 0 Å². The van der Waals surface area contributed by atoms with Crippen molar-refractivity contribution in [2.75, 3.05) is 32.8 Å². The van der Waals surface area contributed by atoms with E-state index >= 15 is 0 Å². The van der Waals surface area contributed by atoms with Crippen LogP contribution in [-0.4, -0.2) is 62.3 Å². The number of ether oxygens (including phenoxy) is 1. The summed E-state index contributed by atoms with van der Waals surface area (Å²) in [6, 6.07) is 6.00. The Kier molecular flexibility index (Phi) is 6.74. The van der Waals surface area contributed by atoms with Crippen LogP contribution in [0.4, 0.5) is 0 Å². The molecule has 0 aromatic heterocycles. The number of carbonyl (C=O) groups excluding carboxylic acids is 2. The van der Waals surface area contributed by atoms with Gasteiger partial charge in [0.25, 0.3) is 5.91 Å². The van der Waals surface area contributed by atoms with Crippen LogP contribution in [0.3, 0.4) is 0 Å². The first-order valence-electron chi connectivity index (χ1n) is 9.23. The molecule has 1 aliphatic carbocycles. The lowest BCUT2D eigenvalue weighted by Gasteiger charge is -2.34. The first kappa shape index (κ1) is 20.8. The minimum atomic E-state index is -3.62. The second-order valence-electron chi connectivity index (χ2n) is 6.83. The van der Waals surface area contributed by atoms with E-state index in [1.807, 2.05) is 12.2 Å². The number of sulfonamides is 1. The number of allylic oxidation sites excluding steroid dienone is 2. The van der Waals surface area contributed by atoms with Crippen molar-refractivity contribution >= 4 is 33.5 Å². The van der Waals surface area contributed by atoms with Gasteiger partial charge in [-0.05, 0) is 43.5 Å². The number of halogens is 1. The lowest BCUT2D eigenvalue weighted by Crippen LogP contribution is -2.51. The molecule has 1 unspecified atom stereocenters. The van der Waals surface area contributed by atoms with E-state index < -0.39 is 10.0 Å². The van der Waals surface area contributed by atoms with Crippen molar-refractivity contribution in [1.29, 1.82) is 0 Å². The molecule has 2 aliphatic rings. The summed E-state index contributed by atoms with van der Waals surface area (Å²) < 4.78 is 31.8. The molecule has 1 aromatic rings. The molecule has 1 heterocycles. The van der Waals surface area contributed by atoms with Gasteiger partial charge >= 0.3 is 5.97 Å². The van der Waals surface area contributed by atoms with Crippen molar-refractivity contribution < 1.29 is 22.7 Å². The summed E-state index contributed by atoms with van der Waals surface area (Å²) in [6.07, 6.45) is 6.22. The SMILES string of the molecule is O=C(OCC(=O)N1CCN(S(=O)(=O)c2ccc(Cl)cc2)CC1)C1CC=CCC1. The predicted octanol–water partition coefficient (Wildman–Crippen LogP) is 2.07. The topological polar surface area (TPSA) is 84.0 Å². The maximum Gasteiger partial charge on any atom is 0.309 e. The standard InChI is InChI=1S/C19H23ClN2O5S/c20-16-6-8-17(9-7-16)28(25,26)22-12-10-21(11-13-22)18(23)14-27-19(24)15-4-2-1-3-5-15/h1-2,6-9,15H,3-5,10-14H2. The average molecular weight is 427 g/mol. The monoisotopic (exact) mass is 426 g/mol. The van der Waals surface area contributed by atoms with Crippen LogP contribution in [0.5, 0.6) is 0 Å². The van der Waals surface area contributed by atoms with Crippen molar-refractivity contribution in [1.82, 2.24) is 9.21 Å². The largest absolute Gasteiger partial charge is 0.455 e. The van der Waals surface area contributed by atoms with E-state index in [-0.39, 0.29) is 55.5 Å². The van der Waals surface area contributed by atoms with Crippen LogP contribution >= 0.6 is 11.6 Å². The zero-order chi connectivity index (χ0) is 20.1. The van der Waals surface area contributed by atoms with E-state index in [2.05, 4.69) is 0 Å². The second kappa shape index (κ2) is 9.07. The number of esters is 1. The predicted molar refractivity (Wildman–Crippen MR) is 104 cm³/mol. The number of amides is 1. The molecule has 1 amide bonds. The highest BCUT2D eigenvalue weighted by Crippen LogP contribution is 2.21. The molecule has 0 N–H and O–H groups in total.